The van der Waals surface area contributed by atoms with E-state index in [-0.39, 0.29) is 0 Å². The zero-order valence-corrected chi connectivity index (χ0v) is 12.7. The fourth-order valence-electron chi connectivity index (χ4n) is 1.67. The highest BCUT2D eigenvalue weighted by Crippen LogP contribution is 2.38. The molecule has 2 N–H and O–H groups in total. The van der Waals surface area contributed by atoms with Gasteiger partial charge in [-0.15, -0.1) is 0 Å². The van der Waals surface area contributed by atoms with Crippen LogP contribution in [-0.4, -0.2) is 32.3 Å². The second-order valence-electron chi connectivity index (χ2n) is 3.93. The maximum atomic E-state index is 5.79. The molecular weight excluding hydrogens is 262 g/mol. The van der Waals surface area contributed by atoms with E-state index in [0.29, 0.717) is 30.4 Å². The van der Waals surface area contributed by atoms with Crippen molar-refractivity contribution in [1.82, 2.24) is 0 Å². The smallest absolute Gasteiger partial charge is 0.203 e. The molecule has 0 heterocycles. The molecule has 0 radical (unpaired) electrons. The van der Waals surface area contributed by atoms with Crippen LogP contribution in [0, 0.1) is 0 Å². The van der Waals surface area contributed by atoms with Crippen molar-refractivity contribution in [2.75, 3.05) is 32.3 Å². The molecule has 5 heteroatoms. The molecule has 19 heavy (non-hydrogen) atoms. The molecule has 1 rings (SSSR count). The van der Waals surface area contributed by atoms with Gasteiger partial charge in [0.25, 0.3) is 0 Å². The molecule has 0 aliphatic heterocycles. The van der Waals surface area contributed by atoms with Gasteiger partial charge in [-0.25, -0.2) is 0 Å². The summed E-state index contributed by atoms with van der Waals surface area (Å²) in [6, 6.07) is 3.78. The highest BCUT2D eigenvalue weighted by Gasteiger charge is 2.13. The second-order valence-corrected chi connectivity index (χ2v) is 5.33. The number of nitrogens with two attached hydrogens (primary N) is 1. The average Bonchev–Trinajstić information content (AvgIpc) is 2.46. The Morgan fingerprint density at radius 2 is 1.79 bits per heavy atom. The van der Waals surface area contributed by atoms with E-state index in [4.69, 9.17) is 19.9 Å². The van der Waals surface area contributed by atoms with Crippen molar-refractivity contribution in [3.63, 3.8) is 0 Å². The molecular formula is C14H23NO3S. The quantitative estimate of drug-likeness (QED) is 0.707. The maximum absolute atomic E-state index is 5.79. The highest BCUT2D eigenvalue weighted by atomic mass is 32.2. The monoisotopic (exact) mass is 285 g/mol. The van der Waals surface area contributed by atoms with E-state index in [1.165, 1.54) is 0 Å². The lowest BCUT2D eigenvalue weighted by Gasteiger charge is -2.15. The first kappa shape index (κ1) is 16.0. The SMILES string of the molecule is CCSCCCOc1c(OC)cc(CN)cc1OC. The summed E-state index contributed by atoms with van der Waals surface area (Å²) in [4.78, 5) is 0. The van der Waals surface area contributed by atoms with Crippen LogP contribution in [0.25, 0.3) is 0 Å². The first-order valence-corrected chi connectivity index (χ1v) is 7.57. The van der Waals surface area contributed by atoms with Crippen LogP contribution in [0.2, 0.25) is 0 Å². The summed E-state index contributed by atoms with van der Waals surface area (Å²) in [7, 11) is 3.24. The van der Waals surface area contributed by atoms with Crippen LogP contribution in [0.3, 0.4) is 0 Å². The van der Waals surface area contributed by atoms with Crippen molar-refractivity contribution in [3.05, 3.63) is 17.7 Å². The molecule has 1 aromatic rings. The summed E-state index contributed by atoms with van der Waals surface area (Å²) in [6.45, 7) is 3.25. The number of benzene rings is 1. The number of hydrogen-bond donors (Lipinski definition) is 1. The van der Waals surface area contributed by atoms with Crippen molar-refractivity contribution >= 4 is 11.8 Å². The third-order valence-electron chi connectivity index (χ3n) is 2.64. The highest BCUT2D eigenvalue weighted by molar-refractivity contribution is 7.99. The van der Waals surface area contributed by atoms with Crippen molar-refractivity contribution < 1.29 is 14.2 Å². The average molecular weight is 285 g/mol. The zero-order valence-electron chi connectivity index (χ0n) is 11.9. The van der Waals surface area contributed by atoms with E-state index in [9.17, 15) is 0 Å². The zero-order chi connectivity index (χ0) is 14.1. The van der Waals surface area contributed by atoms with Crippen molar-refractivity contribution in [2.45, 2.75) is 19.9 Å². The van der Waals surface area contributed by atoms with E-state index in [1.807, 2.05) is 23.9 Å². The normalized spacial score (nSPS) is 10.3. The molecule has 0 fully saturated rings. The summed E-state index contributed by atoms with van der Waals surface area (Å²) in [6.07, 6.45) is 1.00. The predicted molar refractivity (Wildman–Crippen MR) is 80.5 cm³/mol. The van der Waals surface area contributed by atoms with Gasteiger partial charge < -0.3 is 19.9 Å². The molecule has 0 saturated heterocycles. The van der Waals surface area contributed by atoms with Crippen LogP contribution < -0.4 is 19.9 Å². The fourth-order valence-corrected chi connectivity index (χ4v) is 2.28. The van der Waals surface area contributed by atoms with Gasteiger partial charge in [-0.2, -0.15) is 11.8 Å². The molecule has 108 valence electrons. The Hall–Kier alpha value is -1.07. The Balaban J connectivity index is 2.73. The number of thioether (sulfide) groups is 1. The summed E-state index contributed by atoms with van der Waals surface area (Å²) in [5.41, 5.74) is 6.61. The van der Waals surface area contributed by atoms with Gasteiger partial charge in [-0.1, -0.05) is 6.92 Å². The van der Waals surface area contributed by atoms with Crippen molar-refractivity contribution in [1.29, 1.82) is 0 Å². The molecule has 0 amide bonds. The van der Waals surface area contributed by atoms with Crippen LogP contribution >= 0.6 is 11.8 Å². The Bertz CT molecular complexity index is 360. The van der Waals surface area contributed by atoms with Crippen LogP contribution in [0.4, 0.5) is 0 Å². The summed E-state index contributed by atoms with van der Waals surface area (Å²) < 4.78 is 16.5. The number of ether oxygens (including phenoxy) is 3. The fraction of sp³-hybridized carbons (Fsp3) is 0.571. The van der Waals surface area contributed by atoms with Gasteiger partial charge in [0, 0.05) is 6.54 Å². The van der Waals surface area contributed by atoms with Crippen LogP contribution in [0.15, 0.2) is 12.1 Å². The Kier molecular flexibility index (Phi) is 7.52. The Morgan fingerprint density at radius 1 is 1.16 bits per heavy atom. The van der Waals surface area contributed by atoms with Gasteiger partial charge in [0.05, 0.1) is 20.8 Å². The molecule has 0 aliphatic carbocycles. The lowest BCUT2D eigenvalue weighted by Crippen LogP contribution is -2.04. The van der Waals surface area contributed by atoms with Gasteiger partial charge in [-0.05, 0) is 35.6 Å². The molecule has 0 spiro atoms. The standard InChI is InChI=1S/C14H23NO3S/c1-4-19-7-5-6-18-14-12(16-2)8-11(10-15)9-13(14)17-3/h8-9H,4-7,10,15H2,1-3H3. The summed E-state index contributed by atoms with van der Waals surface area (Å²) in [5.74, 6) is 4.23. The molecule has 0 aromatic heterocycles. The second kappa shape index (κ2) is 8.93. The van der Waals surface area contributed by atoms with E-state index in [2.05, 4.69) is 6.92 Å². The summed E-state index contributed by atoms with van der Waals surface area (Å²) >= 11 is 1.91. The third kappa shape index (κ3) is 4.84. The van der Waals surface area contributed by atoms with E-state index < -0.39 is 0 Å². The van der Waals surface area contributed by atoms with Gasteiger partial charge in [-0.3, -0.25) is 0 Å². The lowest BCUT2D eigenvalue weighted by molar-refractivity contribution is 0.275. The van der Waals surface area contributed by atoms with E-state index >= 15 is 0 Å². The van der Waals surface area contributed by atoms with Gasteiger partial charge in [0.15, 0.2) is 11.5 Å². The van der Waals surface area contributed by atoms with Crippen LogP contribution in [-0.2, 0) is 6.54 Å². The molecule has 0 saturated carbocycles. The minimum Gasteiger partial charge on any atom is -0.493 e. The lowest BCUT2D eigenvalue weighted by atomic mass is 10.2. The largest absolute Gasteiger partial charge is 0.493 e. The minimum absolute atomic E-state index is 0.445. The molecule has 0 atom stereocenters. The molecule has 0 aliphatic rings. The Morgan fingerprint density at radius 3 is 2.26 bits per heavy atom. The molecule has 0 bridgehead atoms. The summed E-state index contributed by atoms with van der Waals surface area (Å²) in [5, 5.41) is 0. The number of hydrogen-bond acceptors (Lipinski definition) is 5. The first-order chi connectivity index (χ1) is 9.26. The maximum Gasteiger partial charge on any atom is 0.203 e. The molecule has 4 nitrogen and oxygen atoms in total. The minimum atomic E-state index is 0.445. The van der Waals surface area contributed by atoms with Gasteiger partial charge in [0.2, 0.25) is 5.75 Å². The molecule has 1 aromatic carbocycles. The topological polar surface area (TPSA) is 53.7 Å². The third-order valence-corrected chi connectivity index (χ3v) is 3.63. The number of rotatable bonds is 9. The molecule has 0 unspecified atom stereocenters. The van der Waals surface area contributed by atoms with E-state index in [0.717, 1.165) is 23.5 Å². The van der Waals surface area contributed by atoms with Crippen molar-refractivity contribution in [2.24, 2.45) is 5.73 Å². The van der Waals surface area contributed by atoms with Crippen LogP contribution in [0.5, 0.6) is 17.2 Å². The van der Waals surface area contributed by atoms with Crippen molar-refractivity contribution in [3.8, 4) is 17.2 Å². The van der Waals surface area contributed by atoms with Gasteiger partial charge in [0.1, 0.15) is 0 Å². The number of methoxy groups -OCH3 is 2. The first-order valence-electron chi connectivity index (χ1n) is 6.42. The van der Waals surface area contributed by atoms with E-state index in [1.54, 1.807) is 14.2 Å². The Labute approximate surface area is 119 Å². The predicted octanol–water partition coefficient (Wildman–Crippen LogP) is 2.68. The van der Waals surface area contributed by atoms with Crippen LogP contribution in [0.1, 0.15) is 18.9 Å². The van der Waals surface area contributed by atoms with Gasteiger partial charge >= 0.3 is 0 Å².